The van der Waals surface area contributed by atoms with E-state index in [1.54, 1.807) is 25.2 Å². The molecule has 0 spiro atoms. The van der Waals surface area contributed by atoms with Crippen LogP contribution in [0.15, 0.2) is 30.6 Å². The minimum Gasteiger partial charge on any atom is -0.388 e. The second-order valence-electron chi connectivity index (χ2n) is 4.73. The lowest BCUT2D eigenvalue weighted by Gasteiger charge is -2.10. The Labute approximate surface area is 129 Å². The lowest BCUT2D eigenvalue weighted by atomic mass is 10.2. The maximum Gasteiger partial charge on any atom is 0.451 e. The number of nitrogens with zero attached hydrogens (tertiary/aromatic N) is 4. The fourth-order valence-corrected chi connectivity index (χ4v) is 2.20. The number of alkyl halides is 3. The summed E-state index contributed by atoms with van der Waals surface area (Å²) >= 11 is 0. The molecule has 0 saturated heterocycles. The Morgan fingerprint density at radius 3 is 2.52 bits per heavy atom. The van der Waals surface area contributed by atoms with Gasteiger partial charge >= 0.3 is 6.18 Å². The standard InChI is InChI=1S/C14H13F3N6/c1-18-8-4-3-5-9(6-8)23-7-20-10-11(19-2)21-13(14(15,16)17)22-12(10)23/h3-7,18H,1-2H3,(H,19,21,22). The maximum absolute atomic E-state index is 13.0. The van der Waals surface area contributed by atoms with Crippen LogP contribution < -0.4 is 10.6 Å². The van der Waals surface area contributed by atoms with E-state index in [4.69, 9.17) is 0 Å². The van der Waals surface area contributed by atoms with Gasteiger partial charge in [-0.1, -0.05) is 6.07 Å². The van der Waals surface area contributed by atoms with Gasteiger partial charge in [-0.3, -0.25) is 4.57 Å². The third kappa shape index (κ3) is 2.65. The molecule has 0 fully saturated rings. The van der Waals surface area contributed by atoms with Crippen molar-refractivity contribution < 1.29 is 13.2 Å². The molecule has 0 unspecified atom stereocenters. The van der Waals surface area contributed by atoms with Gasteiger partial charge in [0.25, 0.3) is 0 Å². The van der Waals surface area contributed by atoms with E-state index in [-0.39, 0.29) is 17.0 Å². The van der Waals surface area contributed by atoms with Crippen LogP contribution in [-0.2, 0) is 6.18 Å². The molecule has 0 atom stereocenters. The van der Waals surface area contributed by atoms with E-state index in [0.29, 0.717) is 5.69 Å². The van der Waals surface area contributed by atoms with Crippen LogP contribution in [0.5, 0.6) is 0 Å². The van der Waals surface area contributed by atoms with Crippen molar-refractivity contribution in [1.82, 2.24) is 19.5 Å². The van der Waals surface area contributed by atoms with Crippen molar-refractivity contribution in [3.05, 3.63) is 36.4 Å². The number of hydrogen-bond donors (Lipinski definition) is 2. The molecule has 0 saturated carbocycles. The number of aromatic nitrogens is 4. The minimum atomic E-state index is -4.64. The summed E-state index contributed by atoms with van der Waals surface area (Å²) in [5, 5.41) is 5.61. The van der Waals surface area contributed by atoms with Crippen LogP contribution in [0.4, 0.5) is 24.7 Å². The van der Waals surface area contributed by atoms with Gasteiger partial charge in [0.2, 0.25) is 5.82 Å². The van der Waals surface area contributed by atoms with Gasteiger partial charge in [0, 0.05) is 19.8 Å². The smallest absolute Gasteiger partial charge is 0.388 e. The fourth-order valence-electron chi connectivity index (χ4n) is 2.20. The third-order valence-electron chi connectivity index (χ3n) is 3.30. The molecule has 9 heteroatoms. The van der Waals surface area contributed by atoms with Gasteiger partial charge in [0.05, 0.1) is 5.69 Å². The zero-order valence-electron chi connectivity index (χ0n) is 12.3. The topological polar surface area (TPSA) is 67.7 Å². The number of fused-ring (bicyclic) bond motifs is 1. The van der Waals surface area contributed by atoms with Crippen LogP contribution in [0.3, 0.4) is 0 Å². The summed E-state index contributed by atoms with van der Waals surface area (Å²) in [5.41, 5.74) is 1.83. The summed E-state index contributed by atoms with van der Waals surface area (Å²) in [7, 11) is 3.25. The van der Waals surface area contributed by atoms with Gasteiger partial charge < -0.3 is 10.6 Å². The number of rotatable bonds is 3. The van der Waals surface area contributed by atoms with Crippen molar-refractivity contribution in [2.45, 2.75) is 6.18 Å². The van der Waals surface area contributed by atoms with E-state index < -0.39 is 12.0 Å². The van der Waals surface area contributed by atoms with Gasteiger partial charge in [0.15, 0.2) is 17.0 Å². The highest BCUT2D eigenvalue weighted by molar-refractivity contribution is 5.84. The van der Waals surface area contributed by atoms with Crippen LogP contribution in [0.2, 0.25) is 0 Å². The zero-order valence-corrected chi connectivity index (χ0v) is 12.3. The van der Waals surface area contributed by atoms with Gasteiger partial charge in [-0.05, 0) is 18.2 Å². The number of anilines is 2. The quantitative estimate of drug-likeness (QED) is 0.776. The molecule has 2 heterocycles. The molecule has 0 radical (unpaired) electrons. The maximum atomic E-state index is 13.0. The Hall–Kier alpha value is -2.84. The van der Waals surface area contributed by atoms with Crippen molar-refractivity contribution in [2.24, 2.45) is 0 Å². The first-order valence-electron chi connectivity index (χ1n) is 6.72. The van der Waals surface area contributed by atoms with Crippen LogP contribution in [0.1, 0.15) is 5.82 Å². The van der Waals surface area contributed by atoms with Crippen molar-refractivity contribution in [1.29, 1.82) is 0 Å². The van der Waals surface area contributed by atoms with Crippen molar-refractivity contribution in [3.63, 3.8) is 0 Å². The third-order valence-corrected chi connectivity index (χ3v) is 3.30. The lowest BCUT2D eigenvalue weighted by Crippen LogP contribution is -2.13. The number of halogens is 3. The molecule has 3 rings (SSSR count). The predicted octanol–water partition coefficient (Wildman–Crippen LogP) is 2.92. The second kappa shape index (κ2) is 5.41. The Bertz CT molecular complexity index is 855. The molecule has 2 aromatic heterocycles. The molecule has 3 aromatic rings. The minimum absolute atomic E-state index is 0.0332. The molecule has 1 aromatic carbocycles. The molecule has 0 amide bonds. The first-order valence-corrected chi connectivity index (χ1v) is 6.72. The van der Waals surface area contributed by atoms with Crippen LogP contribution in [0, 0.1) is 0 Å². The number of benzene rings is 1. The van der Waals surface area contributed by atoms with Crippen molar-refractivity contribution in [3.8, 4) is 5.69 Å². The second-order valence-corrected chi connectivity index (χ2v) is 4.73. The number of imidazole rings is 1. The van der Waals surface area contributed by atoms with Crippen molar-refractivity contribution in [2.75, 3.05) is 24.7 Å². The molecule has 0 bridgehead atoms. The first kappa shape index (κ1) is 15.1. The number of hydrogen-bond acceptors (Lipinski definition) is 5. The van der Waals surface area contributed by atoms with E-state index in [2.05, 4.69) is 25.6 Å². The Balaban J connectivity index is 2.26. The molecule has 120 valence electrons. The average molecular weight is 322 g/mol. The highest BCUT2D eigenvalue weighted by atomic mass is 19.4. The van der Waals surface area contributed by atoms with E-state index >= 15 is 0 Å². The summed E-state index contributed by atoms with van der Waals surface area (Å²) in [6.45, 7) is 0. The van der Waals surface area contributed by atoms with Gasteiger partial charge in [-0.15, -0.1) is 0 Å². The molecule has 0 aliphatic rings. The molecule has 2 N–H and O–H groups in total. The molecular weight excluding hydrogens is 309 g/mol. The summed E-state index contributed by atoms with van der Waals surface area (Å²) < 4.78 is 40.5. The van der Waals surface area contributed by atoms with E-state index in [1.165, 1.54) is 17.9 Å². The Morgan fingerprint density at radius 2 is 1.87 bits per heavy atom. The molecule has 0 aliphatic carbocycles. The van der Waals surface area contributed by atoms with E-state index in [9.17, 15) is 13.2 Å². The van der Waals surface area contributed by atoms with Crippen LogP contribution >= 0.6 is 0 Å². The monoisotopic (exact) mass is 322 g/mol. The summed E-state index contributed by atoms with van der Waals surface area (Å²) in [6, 6.07) is 7.18. The first-order chi connectivity index (χ1) is 10.9. The summed E-state index contributed by atoms with van der Waals surface area (Å²) in [6.07, 6.45) is -3.21. The number of nitrogens with one attached hydrogen (secondary N) is 2. The predicted molar refractivity (Wildman–Crippen MR) is 80.8 cm³/mol. The average Bonchev–Trinajstić information content (AvgIpc) is 2.97. The van der Waals surface area contributed by atoms with Gasteiger partial charge in [-0.25, -0.2) is 15.0 Å². The Morgan fingerprint density at radius 1 is 1.09 bits per heavy atom. The van der Waals surface area contributed by atoms with E-state index in [0.717, 1.165) is 5.69 Å². The lowest BCUT2D eigenvalue weighted by molar-refractivity contribution is -0.144. The summed E-state index contributed by atoms with van der Waals surface area (Å²) in [4.78, 5) is 11.3. The van der Waals surface area contributed by atoms with Gasteiger partial charge in [-0.2, -0.15) is 13.2 Å². The summed E-state index contributed by atoms with van der Waals surface area (Å²) in [5.74, 6) is -1.17. The largest absolute Gasteiger partial charge is 0.451 e. The molecule has 23 heavy (non-hydrogen) atoms. The zero-order chi connectivity index (χ0) is 16.6. The SMILES string of the molecule is CNc1cccc(-n2cnc3c(NC)nc(C(F)(F)F)nc32)c1. The highest BCUT2D eigenvalue weighted by Crippen LogP contribution is 2.30. The molecule has 6 nitrogen and oxygen atoms in total. The highest BCUT2D eigenvalue weighted by Gasteiger charge is 2.36. The molecular formula is C14H13F3N6. The normalized spacial score (nSPS) is 11.7. The van der Waals surface area contributed by atoms with Crippen molar-refractivity contribution >= 4 is 22.7 Å². The van der Waals surface area contributed by atoms with Crippen LogP contribution in [-0.4, -0.2) is 33.6 Å². The van der Waals surface area contributed by atoms with E-state index in [1.807, 2.05) is 6.07 Å². The van der Waals surface area contributed by atoms with Gasteiger partial charge in [0.1, 0.15) is 6.33 Å². The molecule has 0 aliphatic heterocycles. The Kier molecular flexibility index (Phi) is 3.55. The fraction of sp³-hybridized carbons (Fsp3) is 0.214. The van der Waals surface area contributed by atoms with Crippen LogP contribution in [0.25, 0.3) is 16.9 Å².